The fourth-order valence-corrected chi connectivity index (χ4v) is 6.63. The van der Waals surface area contributed by atoms with Crippen LogP contribution in [0, 0.1) is 5.82 Å². The van der Waals surface area contributed by atoms with Crippen LogP contribution in [0.15, 0.2) is 29.2 Å². The first-order valence-electron chi connectivity index (χ1n) is 7.97. The van der Waals surface area contributed by atoms with Crippen LogP contribution in [0.25, 0.3) is 0 Å². The third kappa shape index (κ3) is 3.56. The second-order valence-corrected chi connectivity index (χ2v) is 10.3. The number of nitrogens with zero attached hydrogens (tertiary/aromatic N) is 1. The monoisotopic (exact) mass is 390 g/mol. The third-order valence-corrected chi connectivity index (χ3v) is 8.41. The number of nitrogens with one attached hydrogen (secondary N) is 1. The summed E-state index contributed by atoms with van der Waals surface area (Å²) in [6, 6.07) is 4.49. The quantitative estimate of drug-likeness (QED) is 0.796. The SMILES string of the molecule is O=C(CNS(=O)(=O)c1ccccc1F)N1CCS(=O)(=O)C2CCCC21. The Bertz CT molecular complexity index is 885. The van der Waals surface area contributed by atoms with Crippen molar-refractivity contribution in [3.8, 4) is 0 Å². The molecule has 1 aromatic carbocycles. The van der Waals surface area contributed by atoms with Crippen molar-refractivity contribution >= 4 is 25.8 Å². The van der Waals surface area contributed by atoms with Gasteiger partial charge < -0.3 is 4.90 Å². The minimum absolute atomic E-state index is 0.0593. The van der Waals surface area contributed by atoms with Gasteiger partial charge in [0.2, 0.25) is 15.9 Å². The van der Waals surface area contributed by atoms with Gasteiger partial charge in [-0.15, -0.1) is 0 Å². The molecule has 2 unspecified atom stereocenters. The first-order chi connectivity index (χ1) is 11.7. The molecular weight excluding hydrogens is 371 g/mol. The fraction of sp³-hybridized carbons (Fsp3) is 0.533. The Balaban J connectivity index is 1.70. The molecule has 0 radical (unpaired) electrons. The lowest BCUT2D eigenvalue weighted by Gasteiger charge is -2.37. The molecular formula is C15H19FN2O5S2. The first kappa shape index (κ1) is 18.3. The number of rotatable bonds is 4. The normalized spacial score (nSPS) is 25.6. The number of sulfone groups is 1. The smallest absolute Gasteiger partial charge is 0.243 e. The minimum atomic E-state index is -4.16. The molecule has 1 amide bonds. The molecule has 1 aromatic rings. The molecule has 0 spiro atoms. The molecule has 1 aliphatic carbocycles. The zero-order valence-electron chi connectivity index (χ0n) is 13.4. The fourth-order valence-electron chi connectivity index (χ4n) is 3.53. The average Bonchev–Trinajstić information content (AvgIpc) is 3.04. The molecule has 1 saturated heterocycles. The van der Waals surface area contributed by atoms with Gasteiger partial charge in [-0.2, -0.15) is 0 Å². The second kappa shape index (κ2) is 6.65. The van der Waals surface area contributed by atoms with Crippen molar-refractivity contribution < 1.29 is 26.0 Å². The second-order valence-electron chi connectivity index (χ2n) is 6.25. The summed E-state index contributed by atoms with van der Waals surface area (Å²) >= 11 is 0. The van der Waals surface area contributed by atoms with E-state index in [4.69, 9.17) is 0 Å². The predicted molar refractivity (Wildman–Crippen MR) is 88.5 cm³/mol. The summed E-state index contributed by atoms with van der Waals surface area (Å²) in [5.41, 5.74) is 0. The first-order valence-corrected chi connectivity index (χ1v) is 11.2. The Kier molecular flexibility index (Phi) is 4.86. The maximum atomic E-state index is 13.6. The Labute approximate surface area is 146 Å². The zero-order valence-corrected chi connectivity index (χ0v) is 15.0. The summed E-state index contributed by atoms with van der Waals surface area (Å²) in [6.07, 6.45) is 1.84. The number of hydrogen-bond donors (Lipinski definition) is 1. The van der Waals surface area contributed by atoms with Crippen molar-refractivity contribution in [2.24, 2.45) is 0 Å². The van der Waals surface area contributed by atoms with E-state index in [9.17, 15) is 26.0 Å². The van der Waals surface area contributed by atoms with Gasteiger partial charge in [0.15, 0.2) is 9.84 Å². The molecule has 0 aromatic heterocycles. The lowest BCUT2D eigenvalue weighted by Crippen LogP contribution is -2.56. The average molecular weight is 390 g/mol. The Morgan fingerprint density at radius 3 is 2.72 bits per heavy atom. The molecule has 7 nitrogen and oxygen atoms in total. The maximum absolute atomic E-state index is 13.6. The van der Waals surface area contributed by atoms with Crippen LogP contribution >= 0.6 is 0 Å². The highest BCUT2D eigenvalue weighted by Gasteiger charge is 2.45. The van der Waals surface area contributed by atoms with Crippen molar-refractivity contribution in [3.63, 3.8) is 0 Å². The number of carbonyl (C=O) groups is 1. The lowest BCUT2D eigenvalue weighted by molar-refractivity contribution is -0.132. The van der Waals surface area contributed by atoms with Crippen molar-refractivity contribution in [1.82, 2.24) is 9.62 Å². The van der Waals surface area contributed by atoms with E-state index in [2.05, 4.69) is 4.72 Å². The molecule has 1 N–H and O–H groups in total. The van der Waals surface area contributed by atoms with Gasteiger partial charge in [-0.3, -0.25) is 4.79 Å². The highest BCUT2D eigenvalue weighted by atomic mass is 32.2. The van der Waals surface area contributed by atoms with Crippen LogP contribution < -0.4 is 4.72 Å². The standard InChI is InChI=1S/C15H19FN2O5S2/c16-11-4-1-2-6-13(11)25(22,23)17-10-15(19)18-8-9-24(20,21)14-7-3-5-12(14)18/h1-2,4,6,12,14,17H,3,5,7-10H2. The van der Waals surface area contributed by atoms with Crippen molar-refractivity contribution in [2.45, 2.75) is 35.4 Å². The van der Waals surface area contributed by atoms with Crippen molar-refractivity contribution in [1.29, 1.82) is 0 Å². The molecule has 10 heteroatoms. The van der Waals surface area contributed by atoms with Crippen LogP contribution in [-0.4, -0.2) is 57.8 Å². The number of fused-ring (bicyclic) bond motifs is 1. The molecule has 138 valence electrons. The van der Waals surface area contributed by atoms with E-state index in [0.29, 0.717) is 12.8 Å². The van der Waals surface area contributed by atoms with Gasteiger partial charge >= 0.3 is 0 Å². The molecule has 2 atom stereocenters. The van der Waals surface area contributed by atoms with Gasteiger partial charge in [-0.25, -0.2) is 25.9 Å². The minimum Gasteiger partial charge on any atom is -0.336 e. The highest BCUT2D eigenvalue weighted by molar-refractivity contribution is 7.92. The maximum Gasteiger partial charge on any atom is 0.243 e. The number of benzene rings is 1. The van der Waals surface area contributed by atoms with Crippen LogP contribution in [-0.2, 0) is 24.7 Å². The lowest BCUT2D eigenvalue weighted by atomic mass is 10.2. The van der Waals surface area contributed by atoms with Gasteiger partial charge in [0.25, 0.3) is 0 Å². The highest BCUT2D eigenvalue weighted by Crippen LogP contribution is 2.33. The van der Waals surface area contributed by atoms with Gasteiger partial charge in [0, 0.05) is 12.6 Å². The Hall–Kier alpha value is -1.52. The molecule has 1 heterocycles. The molecule has 25 heavy (non-hydrogen) atoms. The third-order valence-electron chi connectivity index (χ3n) is 4.76. The number of halogens is 1. The van der Waals surface area contributed by atoms with Crippen LogP contribution in [0.1, 0.15) is 19.3 Å². The van der Waals surface area contributed by atoms with Crippen LogP contribution in [0.2, 0.25) is 0 Å². The summed E-state index contributed by atoms with van der Waals surface area (Å²) in [7, 11) is -7.36. The zero-order chi connectivity index (χ0) is 18.2. The van der Waals surface area contributed by atoms with E-state index in [1.54, 1.807) is 0 Å². The van der Waals surface area contributed by atoms with E-state index < -0.39 is 54.3 Å². The van der Waals surface area contributed by atoms with Gasteiger partial charge in [0.1, 0.15) is 10.7 Å². The molecule has 3 rings (SSSR count). The van der Waals surface area contributed by atoms with Crippen molar-refractivity contribution in [2.75, 3.05) is 18.8 Å². The van der Waals surface area contributed by atoms with E-state index in [1.807, 2.05) is 0 Å². The van der Waals surface area contributed by atoms with Gasteiger partial charge in [-0.1, -0.05) is 12.1 Å². The number of amides is 1. The topological polar surface area (TPSA) is 101 Å². The number of carbonyl (C=O) groups excluding carboxylic acids is 1. The number of sulfonamides is 1. The Morgan fingerprint density at radius 1 is 1.28 bits per heavy atom. The van der Waals surface area contributed by atoms with Crippen LogP contribution in [0.5, 0.6) is 0 Å². The van der Waals surface area contributed by atoms with Gasteiger partial charge in [0.05, 0.1) is 17.5 Å². The summed E-state index contributed by atoms with van der Waals surface area (Å²) in [4.78, 5) is 13.3. The van der Waals surface area contributed by atoms with Crippen molar-refractivity contribution in [3.05, 3.63) is 30.1 Å². The molecule has 0 bridgehead atoms. The summed E-state index contributed by atoms with van der Waals surface area (Å²) < 4.78 is 64.2. The molecule has 2 fully saturated rings. The van der Waals surface area contributed by atoms with Crippen LogP contribution in [0.3, 0.4) is 0 Å². The summed E-state index contributed by atoms with van der Waals surface area (Å²) in [5.74, 6) is -1.51. The van der Waals surface area contributed by atoms with E-state index in [-0.39, 0.29) is 12.3 Å². The van der Waals surface area contributed by atoms with E-state index in [1.165, 1.54) is 17.0 Å². The number of hydrogen-bond acceptors (Lipinski definition) is 5. The molecule has 1 aliphatic heterocycles. The predicted octanol–water partition coefficient (Wildman–Crippen LogP) is 0.282. The summed E-state index contributed by atoms with van der Waals surface area (Å²) in [5, 5.41) is -0.562. The van der Waals surface area contributed by atoms with E-state index in [0.717, 1.165) is 18.6 Å². The largest absolute Gasteiger partial charge is 0.336 e. The molecule has 2 aliphatic rings. The van der Waals surface area contributed by atoms with E-state index >= 15 is 0 Å². The Morgan fingerprint density at radius 2 is 2.00 bits per heavy atom. The summed E-state index contributed by atoms with van der Waals surface area (Å²) in [6.45, 7) is -0.469. The molecule has 1 saturated carbocycles. The van der Waals surface area contributed by atoms with Gasteiger partial charge in [-0.05, 0) is 31.4 Å². The van der Waals surface area contributed by atoms with Crippen LogP contribution in [0.4, 0.5) is 4.39 Å².